The number of hydrogen-bond acceptors (Lipinski definition) is 3. The zero-order valence-corrected chi connectivity index (χ0v) is 11.4. The Labute approximate surface area is 116 Å². The SMILES string of the molecule is CC1=C(C(N)=O)SCN1c1ccc2ccccc2c1. The zero-order valence-electron chi connectivity index (χ0n) is 10.6. The number of fused-ring (bicyclic) bond motifs is 1. The number of benzene rings is 2. The molecule has 0 unspecified atom stereocenters. The number of primary amides is 1. The van der Waals surface area contributed by atoms with E-state index >= 15 is 0 Å². The fourth-order valence-corrected chi connectivity index (χ4v) is 3.38. The molecular weight excluding hydrogens is 256 g/mol. The van der Waals surface area contributed by atoms with Crippen LogP contribution in [0.5, 0.6) is 0 Å². The standard InChI is InChI=1S/C15H14N2OS/c1-10-14(15(16)18)19-9-17(10)13-7-6-11-4-2-3-5-12(11)8-13/h2-8H,9H2,1H3,(H2,16,18). The van der Waals surface area contributed by atoms with E-state index in [0.29, 0.717) is 4.91 Å². The van der Waals surface area contributed by atoms with Crippen molar-refractivity contribution in [3.63, 3.8) is 0 Å². The van der Waals surface area contributed by atoms with Gasteiger partial charge in [0, 0.05) is 11.4 Å². The molecule has 0 aliphatic carbocycles. The number of nitrogens with zero attached hydrogens (tertiary/aromatic N) is 1. The van der Waals surface area contributed by atoms with Crippen LogP contribution in [0.15, 0.2) is 53.1 Å². The second kappa shape index (κ2) is 4.63. The largest absolute Gasteiger partial charge is 0.365 e. The van der Waals surface area contributed by atoms with E-state index < -0.39 is 0 Å². The molecule has 0 saturated carbocycles. The molecule has 2 aromatic carbocycles. The highest BCUT2D eigenvalue weighted by Crippen LogP contribution is 2.36. The van der Waals surface area contributed by atoms with Crippen LogP contribution in [-0.4, -0.2) is 11.8 Å². The number of rotatable bonds is 2. The smallest absolute Gasteiger partial charge is 0.256 e. The molecule has 3 rings (SSSR count). The van der Waals surface area contributed by atoms with Crippen molar-refractivity contribution in [3.8, 4) is 0 Å². The van der Waals surface area contributed by atoms with Crippen molar-refractivity contribution in [1.82, 2.24) is 0 Å². The summed E-state index contributed by atoms with van der Waals surface area (Å²) in [7, 11) is 0. The lowest BCUT2D eigenvalue weighted by Crippen LogP contribution is -2.17. The zero-order chi connectivity index (χ0) is 13.4. The molecule has 1 aliphatic heterocycles. The Bertz CT molecular complexity index is 693. The van der Waals surface area contributed by atoms with E-state index in [9.17, 15) is 4.79 Å². The van der Waals surface area contributed by atoms with Crippen molar-refractivity contribution in [3.05, 3.63) is 53.1 Å². The number of thioether (sulfide) groups is 1. The molecule has 0 aromatic heterocycles. The summed E-state index contributed by atoms with van der Waals surface area (Å²) in [5.74, 6) is 0.397. The molecule has 0 atom stereocenters. The van der Waals surface area contributed by atoms with Crippen LogP contribution in [0.1, 0.15) is 6.92 Å². The van der Waals surface area contributed by atoms with Crippen LogP contribution in [0.4, 0.5) is 5.69 Å². The Morgan fingerprint density at radius 3 is 2.63 bits per heavy atom. The van der Waals surface area contributed by atoms with E-state index in [1.807, 2.05) is 19.1 Å². The van der Waals surface area contributed by atoms with E-state index in [4.69, 9.17) is 5.73 Å². The number of nitrogens with two attached hydrogens (primary N) is 1. The average Bonchev–Trinajstić information content (AvgIpc) is 2.80. The summed E-state index contributed by atoms with van der Waals surface area (Å²) in [6.45, 7) is 1.94. The molecule has 2 N–H and O–H groups in total. The van der Waals surface area contributed by atoms with Crippen molar-refractivity contribution < 1.29 is 4.79 Å². The first-order valence-corrected chi connectivity index (χ1v) is 7.05. The molecule has 0 bridgehead atoms. The summed E-state index contributed by atoms with van der Waals surface area (Å²) in [5, 5.41) is 2.42. The van der Waals surface area contributed by atoms with Gasteiger partial charge in [0.25, 0.3) is 5.91 Å². The first-order valence-electron chi connectivity index (χ1n) is 6.06. The van der Waals surface area contributed by atoms with Crippen LogP contribution < -0.4 is 10.6 Å². The van der Waals surface area contributed by atoms with Gasteiger partial charge in [-0.05, 0) is 29.8 Å². The Kier molecular flexibility index (Phi) is 2.95. The molecule has 1 aliphatic rings. The number of allylic oxidation sites excluding steroid dienone is 1. The first-order chi connectivity index (χ1) is 9.16. The van der Waals surface area contributed by atoms with Gasteiger partial charge in [0.2, 0.25) is 0 Å². The molecule has 96 valence electrons. The van der Waals surface area contributed by atoms with Gasteiger partial charge in [-0.2, -0.15) is 0 Å². The molecular formula is C15H14N2OS. The quantitative estimate of drug-likeness (QED) is 0.912. The number of carbonyl (C=O) groups is 1. The second-order valence-corrected chi connectivity index (χ2v) is 5.47. The fraction of sp³-hybridized carbons (Fsp3) is 0.133. The minimum absolute atomic E-state index is 0.342. The van der Waals surface area contributed by atoms with Gasteiger partial charge in [0.1, 0.15) is 0 Å². The Hall–Kier alpha value is -1.94. The summed E-state index contributed by atoms with van der Waals surface area (Å²) in [6.07, 6.45) is 0. The molecule has 4 heteroatoms. The second-order valence-electron chi connectivity index (χ2n) is 4.51. The van der Waals surface area contributed by atoms with Crippen LogP contribution in [0.2, 0.25) is 0 Å². The van der Waals surface area contributed by atoms with Crippen LogP contribution in [-0.2, 0) is 4.79 Å². The molecule has 3 nitrogen and oxygen atoms in total. The maximum Gasteiger partial charge on any atom is 0.256 e. The number of anilines is 1. The predicted molar refractivity (Wildman–Crippen MR) is 80.8 cm³/mol. The van der Waals surface area contributed by atoms with Crippen molar-refractivity contribution in [2.45, 2.75) is 6.92 Å². The lowest BCUT2D eigenvalue weighted by molar-refractivity contribution is -0.113. The average molecular weight is 270 g/mol. The maximum atomic E-state index is 11.3. The Morgan fingerprint density at radius 1 is 1.21 bits per heavy atom. The third-order valence-corrected chi connectivity index (χ3v) is 4.51. The monoisotopic (exact) mass is 270 g/mol. The molecule has 0 fully saturated rings. The summed E-state index contributed by atoms with van der Waals surface area (Å²) >= 11 is 1.50. The van der Waals surface area contributed by atoms with Crippen LogP contribution in [0.3, 0.4) is 0 Å². The van der Waals surface area contributed by atoms with E-state index in [2.05, 4.69) is 35.2 Å². The summed E-state index contributed by atoms with van der Waals surface area (Å²) in [6, 6.07) is 14.6. The highest BCUT2D eigenvalue weighted by molar-refractivity contribution is 8.04. The minimum Gasteiger partial charge on any atom is -0.365 e. The van der Waals surface area contributed by atoms with Gasteiger partial charge in [-0.3, -0.25) is 4.79 Å². The molecule has 0 saturated heterocycles. The van der Waals surface area contributed by atoms with Crippen molar-refractivity contribution >= 4 is 34.1 Å². The van der Waals surface area contributed by atoms with Gasteiger partial charge < -0.3 is 10.6 Å². The first kappa shape index (κ1) is 12.1. The highest BCUT2D eigenvalue weighted by atomic mass is 32.2. The van der Waals surface area contributed by atoms with Crippen LogP contribution >= 0.6 is 11.8 Å². The molecule has 1 heterocycles. The van der Waals surface area contributed by atoms with Gasteiger partial charge in [-0.25, -0.2) is 0 Å². The van der Waals surface area contributed by atoms with E-state index in [1.165, 1.54) is 22.5 Å². The molecule has 2 aromatic rings. The normalized spacial score (nSPS) is 15.3. The van der Waals surface area contributed by atoms with Gasteiger partial charge in [0.15, 0.2) is 0 Å². The Morgan fingerprint density at radius 2 is 1.95 bits per heavy atom. The molecule has 19 heavy (non-hydrogen) atoms. The maximum absolute atomic E-state index is 11.3. The van der Waals surface area contributed by atoms with Crippen LogP contribution in [0, 0.1) is 0 Å². The topological polar surface area (TPSA) is 46.3 Å². The Balaban J connectivity index is 2.04. The van der Waals surface area contributed by atoms with Gasteiger partial charge in [0.05, 0.1) is 10.8 Å². The van der Waals surface area contributed by atoms with Gasteiger partial charge >= 0.3 is 0 Å². The number of amides is 1. The fourth-order valence-electron chi connectivity index (χ4n) is 2.32. The lowest BCUT2D eigenvalue weighted by Gasteiger charge is -2.19. The van der Waals surface area contributed by atoms with Crippen molar-refractivity contribution in [2.75, 3.05) is 10.8 Å². The number of carbonyl (C=O) groups excluding carboxylic acids is 1. The molecule has 0 radical (unpaired) electrons. The molecule has 0 spiro atoms. The van der Waals surface area contributed by atoms with Gasteiger partial charge in [-0.1, -0.05) is 42.1 Å². The summed E-state index contributed by atoms with van der Waals surface area (Å²) < 4.78 is 0. The van der Waals surface area contributed by atoms with E-state index in [0.717, 1.165) is 17.3 Å². The van der Waals surface area contributed by atoms with Gasteiger partial charge in [-0.15, -0.1) is 0 Å². The van der Waals surface area contributed by atoms with E-state index in [-0.39, 0.29) is 5.91 Å². The van der Waals surface area contributed by atoms with Crippen LogP contribution in [0.25, 0.3) is 10.8 Å². The van der Waals surface area contributed by atoms with E-state index in [1.54, 1.807) is 0 Å². The summed E-state index contributed by atoms with van der Waals surface area (Å²) in [4.78, 5) is 14.1. The third kappa shape index (κ3) is 2.08. The lowest BCUT2D eigenvalue weighted by atomic mass is 10.1. The molecule has 1 amide bonds. The minimum atomic E-state index is -0.342. The predicted octanol–water partition coefficient (Wildman–Crippen LogP) is 3.07. The third-order valence-electron chi connectivity index (χ3n) is 3.34. The highest BCUT2D eigenvalue weighted by Gasteiger charge is 2.24. The van der Waals surface area contributed by atoms with Crippen molar-refractivity contribution in [1.29, 1.82) is 0 Å². The van der Waals surface area contributed by atoms with Crippen molar-refractivity contribution in [2.24, 2.45) is 5.73 Å². The summed E-state index contributed by atoms with van der Waals surface area (Å²) in [5.41, 5.74) is 7.41. The number of hydrogen-bond donors (Lipinski definition) is 1.